The SMILES string of the molecule is Cc1cc(N2CCCC2)c(F)cc1/C=C1\C(=O)NC(=S)N(c2ccc(Br)cc2)C1=O. The molecule has 154 valence electrons. The molecule has 0 aliphatic carbocycles. The van der Waals surface area contributed by atoms with Crippen molar-refractivity contribution in [3.8, 4) is 0 Å². The van der Waals surface area contributed by atoms with Crippen molar-refractivity contribution >= 4 is 62.5 Å². The van der Waals surface area contributed by atoms with Gasteiger partial charge in [-0.2, -0.15) is 0 Å². The Morgan fingerprint density at radius 1 is 1.13 bits per heavy atom. The monoisotopic (exact) mass is 487 g/mol. The molecule has 0 spiro atoms. The van der Waals surface area contributed by atoms with Gasteiger partial charge < -0.3 is 4.90 Å². The molecule has 2 saturated heterocycles. The van der Waals surface area contributed by atoms with E-state index in [0.29, 0.717) is 16.9 Å². The number of amides is 2. The number of halogens is 2. The van der Waals surface area contributed by atoms with Crippen molar-refractivity contribution in [2.75, 3.05) is 22.9 Å². The Bertz CT molecular complexity index is 1080. The van der Waals surface area contributed by atoms with E-state index in [1.54, 1.807) is 30.3 Å². The van der Waals surface area contributed by atoms with E-state index in [4.69, 9.17) is 12.2 Å². The number of nitrogens with zero attached hydrogens (tertiary/aromatic N) is 2. The molecule has 8 heteroatoms. The van der Waals surface area contributed by atoms with Crippen LogP contribution in [0.2, 0.25) is 0 Å². The summed E-state index contributed by atoms with van der Waals surface area (Å²) in [4.78, 5) is 28.9. The van der Waals surface area contributed by atoms with Crippen LogP contribution in [-0.4, -0.2) is 30.0 Å². The van der Waals surface area contributed by atoms with Crippen molar-refractivity contribution in [1.29, 1.82) is 0 Å². The third kappa shape index (κ3) is 3.89. The molecule has 4 rings (SSSR count). The van der Waals surface area contributed by atoms with Gasteiger partial charge >= 0.3 is 0 Å². The number of carbonyl (C=O) groups excluding carboxylic acids is 2. The smallest absolute Gasteiger partial charge is 0.270 e. The highest BCUT2D eigenvalue weighted by Gasteiger charge is 2.34. The van der Waals surface area contributed by atoms with Crippen LogP contribution in [0.4, 0.5) is 15.8 Å². The number of benzene rings is 2. The van der Waals surface area contributed by atoms with Crippen LogP contribution >= 0.6 is 28.1 Å². The van der Waals surface area contributed by atoms with Crippen molar-refractivity contribution in [1.82, 2.24) is 5.32 Å². The fraction of sp³-hybridized carbons (Fsp3) is 0.227. The van der Waals surface area contributed by atoms with E-state index < -0.39 is 11.8 Å². The van der Waals surface area contributed by atoms with Crippen molar-refractivity contribution in [3.63, 3.8) is 0 Å². The molecule has 2 heterocycles. The molecule has 2 amide bonds. The number of nitrogens with one attached hydrogen (secondary N) is 1. The maximum Gasteiger partial charge on any atom is 0.270 e. The molecule has 2 aliphatic heterocycles. The lowest BCUT2D eigenvalue weighted by atomic mass is 10.0. The first kappa shape index (κ1) is 20.7. The minimum atomic E-state index is -0.596. The van der Waals surface area contributed by atoms with Crippen LogP contribution in [0.1, 0.15) is 24.0 Å². The number of aryl methyl sites for hydroxylation is 1. The van der Waals surface area contributed by atoms with Crippen molar-refractivity contribution in [2.45, 2.75) is 19.8 Å². The van der Waals surface area contributed by atoms with Gasteiger partial charge in [0.1, 0.15) is 11.4 Å². The summed E-state index contributed by atoms with van der Waals surface area (Å²) < 4.78 is 15.6. The van der Waals surface area contributed by atoms with Gasteiger partial charge in [0.25, 0.3) is 11.8 Å². The fourth-order valence-corrected chi connectivity index (χ4v) is 4.22. The highest BCUT2D eigenvalue weighted by atomic mass is 79.9. The molecule has 5 nitrogen and oxygen atoms in total. The normalized spacial score (nSPS) is 18.4. The zero-order chi connectivity index (χ0) is 21.4. The average Bonchev–Trinajstić information content (AvgIpc) is 3.23. The molecule has 2 aromatic carbocycles. The standard InChI is InChI=1S/C22H19BrFN3O2S/c1-13-10-19(26-8-2-3-9-26)18(24)12-14(13)11-17-20(28)25-22(30)27(21(17)29)16-6-4-15(23)5-7-16/h4-7,10-12H,2-3,8-9H2,1H3,(H,25,28,30)/b17-11+. The number of thiocarbonyl (C=S) groups is 1. The molecular formula is C22H19BrFN3O2S. The molecule has 0 atom stereocenters. The van der Waals surface area contributed by atoms with E-state index in [1.165, 1.54) is 17.0 Å². The summed E-state index contributed by atoms with van der Waals surface area (Å²) in [6.07, 6.45) is 3.52. The Morgan fingerprint density at radius 2 is 1.80 bits per heavy atom. The van der Waals surface area contributed by atoms with E-state index in [1.807, 2.05) is 11.8 Å². The molecule has 0 bridgehead atoms. The minimum Gasteiger partial charge on any atom is -0.369 e. The second-order valence-electron chi connectivity index (χ2n) is 7.29. The summed E-state index contributed by atoms with van der Waals surface area (Å²) in [6, 6.07) is 10.2. The molecule has 0 unspecified atom stereocenters. The van der Waals surface area contributed by atoms with Crippen LogP contribution in [0, 0.1) is 12.7 Å². The van der Waals surface area contributed by atoms with Crippen LogP contribution in [0.15, 0.2) is 46.4 Å². The lowest BCUT2D eigenvalue weighted by Gasteiger charge is -2.29. The number of hydrogen-bond donors (Lipinski definition) is 1. The molecule has 2 aromatic rings. The van der Waals surface area contributed by atoms with Crippen LogP contribution < -0.4 is 15.1 Å². The third-order valence-corrected chi connectivity index (χ3v) is 6.08. The number of anilines is 2. The molecule has 1 N–H and O–H groups in total. The maximum atomic E-state index is 14.8. The second kappa shape index (κ2) is 8.28. The van der Waals surface area contributed by atoms with Gasteiger partial charge in [0, 0.05) is 17.6 Å². The molecule has 2 fully saturated rings. The van der Waals surface area contributed by atoms with Crippen LogP contribution in [-0.2, 0) is 9.59 Å². The Kier molecular flexibility index (Phi) is 5.71. The maximum absolute atomic E-state index is 14.8. The number of rotatable bonds is 3. The van der Waals surface area contributed by atoms with Gasteiger partial charge in [-0.15, -0.1) is 0 Å². The quantitative estimate of drug-likeness (QED) is 0.397. The lowest BCUT2D eigenvalue weighted by molar-refractivity contribution is -0.122. The number of hydrogen-bond acceptors (Lipinski definition) is 4. The Labute approximate surface area is 187 Å². The average molecular weight is 488 g/mol. The van der Waals surface area contributed by atoms with Crippen molar-refractivity contribution in [2.24, 2.45) is 0 Å². The zero-order valence-electron chi connectivity index (χ0n) is 16.2. The zero-order valence-corrected chi connectivity index (χ0v) is 18.6. The predicted octanol–water partition coefficient (Wildman–Crippen LogP) is 4.33. The van der Waals surface area contributed by atoms with Gasteiger partial charge in [0.05, 0.1) is 11.4 Å². The Hall–Kier alpha value is -2.58. The minimum absolute atomic E-state index is 0.0109. The molecule has 0 radical (unpaired) electrons. The van der Waals surface area contributed by atoms with Crippen LogP contribution in [0.5, 0.6) is 0 Å². The summed E-state index contributed by atoms with van der Waals surface area (Å²) in [5.41, 5.74) is 2.27. The van der Waals surface area contributed by atoms with Gasteiger partial charge in [0.15, 0.2) is 5.11 Å². The Morgan fingerprint density at radius 3 is 2.47 bits per heavy atom. The van der Waals surface area contributed by atoms with Gasteiger partial charge in [-0.1, -0.05) is 15.9 Å². The van der Waals surface area contributed by atoms with Gasteiger partial charge in [-0.25, -0.2) is 4.39 Å². The first-order valence-corrected chi connectivity index (χ1v) is 10.8. The van der Waals surface area contributed by atoms with Gasteiger partial charge in [-0.3, -0.25) is 19.8 Å². The van der Waals surface area contributed by atoms with Crippen molar-refractivity contribution in [3.05, 3.63) is 63.4 Å². The largest absolute Gasteiger partial charge is 0.369 e. The molecule has 30 heavy (non-hydrogen) atoms. The fourth-order valence-electron chi connectivity index (χ4n) is 3.68. The summed E-state index contributed by atoms with van der Waals surface area (Å²) in [5, 5.41) is 2.56. The summed E-state index contributed by atoms with van der Waals surface area (Å²) in [7, 11) is 0. The van der Waals surface area contributed by atoms with Gasteiger partial charge in [0.2, 0.25) is 0 Å². The predicted molar refractivity (Wildman–Crippen MR) is 123 cm³/mol. The van der Waals surface area contributed by atoms with Crippen molar-refractivity contribution < 1.29 is 14.0 Å². The molecule has 2 aliphatic rings. The van der Waals surface area contributed by atoms with E-state index in [0.717, 1.165) is 36.0 Å². The highest BCUT2D eigenvalue weighted by Crippen LogP contribution is 2.29. The summed E-state index contributed by atoms with van der Waals surface area (Å²) >= 11 is 8.56. The van der Waals surface area contributed by atoms with E-state index in [9.17, 15) is 14.0 Å². The van der Waals surface area contributed by atoms with E-state index in [2.05, 4.69) is 21.2 Å². The molecular weight excluding hydrogens is 469 g/mol. The number of carbonyl (C=O) groups is 2. The van der Waals surface area contributed by atoms with Gasteiger partial charge in [-0.05, 0) is 85.6 Å². The highest BCUT2D eigenvalue weighted by molar-refractivity contribution is 9.10. The first-order valence-electron chi connectivity index (χ1n) is 9.57. The molecule has 0 aromatic heterocycles. The second-order valence-corrected chi connectivity index (χ2v) is 8.59. The summed E-state index contributed by atoms with van der Waals surface area (Å²) in [5.74, 6) is -1.51. The topological polar surface area (TPSA) is 52.7 Å². The van der Waals surface area contributed by atoms with Crippen LogP contribution in [0.3, 0.4) is 0 Å². The third-order valence-electron chi connectivity index (χ3n) is 5.27. The summed E-state index contributed by atoms with van der Waals surface area (Å²) in [6.45, 7) is 3.50. The Balaban J connectivity index is 1.70. The lowest BCUT2D eigenvalue weighted by Crippen LogP contribution is -2.54. The molecule has 0 saturated carbocycles. The van der Waals surface area contributed by atoms with E-state index in [-0.39, 0.29) is 16.5 Å². The first-order chi connectivity index (χ1) is 14.3. The van der Waals surface area contributed by atoms with E-state index >= 15 is 0 Å². The van der Waals surface area contributed by atoms with Crippen LogP contribution in [0.25, 0.3) is 6.08 Å².